The van der Waals surface area contributed by atoms with Crippen molar-refractivity contribution in [1.82, 2.24) is 14.7 Å². The second-order valence-corrected chi connectivity index (χ2v) is 6.55. The van der Waals surface area contributed by atoms with Gasteiger partial charge in [0.1, 0.15) is 12.9 Å². The number of unbranched alkanes of at least 4 members (excludes halogenated alkanes) is 1. The van der Waals surface area contributed by atoms with Crippen molar-refractivity contribution in [3.05, 3.63) is 64.3 Å². The Bertz CT molecular complexity index is 983. The maximum absolute atomic E-state index is 12.7. The van der Waals surface area contributed by atoms with E-state index >= 15 is 0 Å². The van der Waals surface area contributed by atoms with Crippen molar-refractivity contribution in [1.29, 1.82) is 0 Å². The molecule has 134 valence electrons. The van der Waals surface area contributed by atoms with Gasteiger partial charge in [0.15, 0.2) is 5.65 Å². The molecular formula is C20H22N4O2. The lowest BCUT2D eigenvalue weighted by Crippen LogP contribution is -2.34. The number of aromatic nitrogens is 3. The van der Waals surface area contributed by atoms with Crippen LogP contribution in [-0.2, 0) is 13.0 Å². The van der Waals surface area contributed by atoms with Crippen LogP contribution in [0.3, 0.4) is 0 Å². The van der Waals surface area contributed by atoms with Crippen molar-refractivity contribution in [3.63, 3.8) is 0 Å². The van der Waals surface area contributed by atoms with Crippen molar-refractivity contribution in [2.75, 3.05) is 18.1 Å². The minimum absolute atomic E-state index is 0.193. The van der Waals surface area contributed by atoms with Gasteiger partial charge in [-0.05, 0) is 24.0 Å². The summed E-state index contributed by atoms with van der Waals surface area (Å²) in [5, 5.41) is 0.836. The first kappa shape index (κ1) is 16.6. The van der Waals surface area contributed by atoms with Crippen LogP contribution in [0.2, 0.25) is 0 Å². The summed E-state index contributed by atoms with van der Waals surface area (Å²) in [5.41, 5.74) is 3.88. The standard InChI is InChI=1S/C20H22N4O2/c1-2-3-10-26-24-19(25)11-18(17-12-21-14-22-20(17)24)23-9-8-15-6-4-5-7-16(15)13-23/h4-7,11-12,14H,2-3,8-10,13H2,1H3. The maximum Gasteiger partial charge on any atom is 0.287 e. The highest BCUT2D eigenvalue weighted by Gasteiger charge is 2.20. The first-order chi connectivity index (χ1) is 12.8. The third-order valence-electron chi connectivity index (χ3n) is 4.81. The molecule has 0 aliphatic carbocycles. The lowest BCUT2D eigenvalue weighted by atomic mass is 9.99. The molecule has 0 radical (unpaired) electrons. The summed E-state index contributed by atoms with van der Waals surface area (Å²) in [6.45, 7) is 4.22. The zero-order valence-electron chi connectivity index (χ0n) is 14.9. The molecule has 3 aromatic rings. The molecule has 1 aliphatic rings. The third-order valence-corrected chi connectivity index (χ3v) is 4.81. The van der Waals surface area contributed by atoms with Gasteiger partial charge < -0.3 is 9.74 Å². The largest absolute Gasteiger partial charge is 0.409 e. The number of fused-ring (bicyclic) bond motifs is 2. The van der Waals surface area contributed by atoms with Crippen LogP contribution in [0.25, 0.3) is 11.0 Å². The molecule has 6 nitrogen and oxygen atoms in total. The summed E-state index contributed by atoms with van der Waals surface area (Å²) in [6.07, 6.45) is 6.08. The predicted octanol–water partition coefficient (Wildman–Crippen LogP) is 2.58. The average Bonchev–Trinajstić information content (AvgIpc) is 2.69. The Kier molecular flexibility index (Phi) is 4.56. The minimum atomic E-state index is -0.193. The van der Waals surface area contributed by atoms with Gasteiger partial charge in [-0.15, -0.1) is 4.73 Å². The molecule has 6 heteroatoms. The third kappa shape index (κ3) is 3.03. The van der Waals surface area contributed by atoms with E-state index in [1.165, 1.54) is 22.2 Å². The molecule has 4 rings (SSSR count). The van der Waals surface area contributed by atoms with Crippen molar-refractivity contribution in [3.8, 4) is 0 Å². The summed E-state index contributed by atoms with van der Waals surface area (Å²) >= 11 is 0. The SMILES string of the molecule is CCCCOn1c(=O)cc(N2CCc3ccccc3C2)c2cncnc21. The van der Waals surface area contributed by atoms with Crippen molar-refractivity contribution in [2.45, 2.75) is 32.7 Å². The maximum atomic E-state index is 12.7. The van der Waals surface area contributed by atoms with E-state index in [-0.39, 0.29) is 5.56 Å². The monoisotopic (exact) mass is 350 g/mol. The van der Waals surface area contributed by atoms with Gasteiger partial charge in [0.2, 0.25) is 0 Å². The molecule has 0 atom stereocenters. The Morgan fingerprint density at radius 1 is 1.23 bits per heavy atom. The van der Waals surface area contributed by atoms with Crippen LogP contribution < -0.4 is 15.3 Å². The Morgan fingerprint density at radius 3 is 2.92 bits per heavy atom. The Hall–Kier alpha value is -2.89. The molecule has 0 saturated heterocycles. The van der Waals surface area contributed by atoms with Crippen molar-refractivity contribution in [2.24, 2.45) is 0 Å². The van der Waals surface area contributed by atoms with Gasteiger partial charge in [-0.3, -0.25) is 4.79 Å². The fourth-order valence-corrected chi connectivity index (χ4v) is 3.41. The second kappa shape index (κ2) is 7.15. The van der Waals surface area contributed by atoms with Crippen LogP contribution in [0, 0.1) is 0 Å². The van der Waals surface area contributed by atoms with Crippen LogP contribution in [0.1, 0.15) is 30.9 Å². The fourth-order valence-electron chi connectivity index (χ4n) is 3.41. The molecule has 0 amide bonds. The average molecular weight is 350 g/mol. The molecule has 0 spiro atoms. The van der Waals surface area contributed by atoms with E-state index in [9.17, 15) is 4.79 Å². The summed E-state index contributed by atoms with van der Waals surface area (Å²) in [6, 6.07) is 10.1. The van der Waals surface area contributed by atoms with Gasteiger partial charge in [0, 0.05) is 25.4 Å². The molecule has 0 saturated carbocycles. The number of nitrogens with zero attached hydrogens (tertiary/aromatic N) is 4. The highest BCUT2D eigenvalue weighted by atomic mass is 16.7. The normalized spacial score (nSPS) is 13.7. The molecule has 1 aliphatic heterocycles. The molecule has 0 fully saturated rings. The van der Waals surface area contributed by atoms with Gasteiger partial charge in [0.25, 0.3) is 5.56 Å². The number of hydrogen-bond donors (Lipinski definition) is 0. The molecule has 3 heterocycles. The first-order valence-corrected chi connectivity index (χ1v) is 9.08. The van der Waals surface area contributed by atoms with Crippen LogP contribution in [0.15, 0.2) is 47.7 Å². The molecule has 1 aromatic carbocycles. The van der Waals surface area contributed by atoms with Crippen LogP contribution in [0.4, 0.5) is 5.69 Å². The Morgan fingerprint density at radius 2 is 2.08 bits per heavy atom. The summed E-state index contributed by atoms with van der Waals surface area (Å²) < 4.78 is 1.30. The van der Waals surface area contributed by atoms with Gasteiger partial charge in [-0.1, -0.05) is 37.6 Å². The first-order valence-electron chi connectivity index (χ1n) is 9.08. The van der Waals surface area contributed by atoms with Crippen molar-refractivity contribution >= 4 is 16.7 Å². The molecule has 26 heavy (non-hydrogen) atoms. The highest BCUT2D eigenvalue weighted by Crippen LogP contribution is 2.28. The smallest absolute Gasteiger partial charge is 0.287 e. The van der Waals surface area contributed by atoms with Crippen LogP contribution in [0.5, 0.6) is 0 Å². The molecule has 0 N–H and O–H groups in total. The zero-order valence-corrected chi connectivity index (χ0v) is 14.9. The predicted molar refractivity (Wildman–Crippen MR) is 101 cm³/mol. The molecule has 2 aromatic heterocycles. The number of pyridine rings is 1. The van der Waals surface area contributed by atoms with E-state index in [1.807, 2.05) is 0 Å². The minimum Gasteiger partial charge on any atom is -0.409 e. The second-order valence-electron chi connectivity index (χ2n) is 6.55. The van der Waals surface area contributed by atoms with E-state index < -0.39 is 0 Å². The highest BCUT2D eigenvalue weighted by molar-refractivity contribution is 5.88. The summed E-state index contributed by atoms with van der Waals surface area (Å²) in [7, 11) is 0. The van der Waals surface area contributed by atoms with Gasteiger partial charge in [-0.2, -0.15) is 0 Å². The lowest BCUT2D eigenvalue weighted by Gasteiger charge is -2.31. The number of anilines is 1. The fraction of sp³-hybridized carbons (Fsp3) is 0.350. The van der Waals surface area contributed by atoms with Gasteiger partial charge >= 0.3 is 0 Å². The van der Waals surface area contributed by atoms with Gasteiger partial charge in [0.05, 0.1) is 11.1 Å². The number of benzene rings is 1. The Labute approximate surface area is 152 Å². The van der Waals surface area contributed by atoms with Gasteiger partial charge in [-0.25, -0.2) is 9.97 Å². The quantitative estimate of drug-likeness (QED) is 0.662. The summed E-state index contributed by atoms with van der Waals surface area (Å²) in [5.74, 6) is 0. The summed E-state index contributed by atoms with van der Waals surface area (Å²) in [4.78, 5) is 29.1. The van der Waals surface area contributed by atoms with E-state index in [1.54, 1.807) is 12.3 Å². The van der Waals surface area contributed by atoms with E-state index in [2.05, 4.69) is 46.1 Å². The van der Waals surface area contributed by atoms with Crippen LogP contribution in [-0.4, -0.2) is 27.9 Å². The molecular weight excluding hydrogens is 328 g/mol. The lowest BCUT2D eigenvalue weighted by molar-refractivity contribution is 0.108. The molecule has 0 bridgehead atoms. The van der Waals surface area contributed by atoms with E-state index in [0.717, 1.165) is 43.4 Å². The molecule has 0 unspecified atom stereocenters. The van der Waals surface area contributed by atoms with Crippen LogP contribution >= 0.6 is 0 Å². The van der Waals surface area contributed by atoms with E-state index in [0.29, 0.717) is 12.3 Å². The Balaban J connectivity index is 1.75. The topological polar surface area (TPSA) is 60.2 Å². The van der Waals surface area contributed by atoms with Crippen molar-refractivity contribution < 1.29 is 4.84 Å². The van der Waals surface area contributed by atoms with E-state index in [4.69, 9.17) is 4.84 Å². The number of hydrogen-bond acceptors (Lipinski definition) is 5. The number of rotatable bonds is 5. The zero-order chi connectivity index (χ0) is 17.9.